The molecule has 0 aromatic heterocycles. The number of rotatable bonds is 3. The van der Waals surface area contributed by atoms with Crippen LogP contribution in [0.3, 0.4) is 0 Å². The number of likely N-dealkylation sites (N-methyl/N-ethyl adjacent to an activating group) is 1. The molecule has 1 saturated heterocycles. The topological polar surface area (TPSA) is 30.9 Å². The van der Waals surface area contributed by atoms with Gasteiger partial charge in [0, 0.05) is 26.7 Å². The zero-order chi connectivity index (χ0) is 10.7. The van der Waals surface area contributed by atoms with Gasteiger partial charge in [-0.15, -0.1) is 0 Å². The number of likely N-dealkylation sites (tertiary alicyclic amines) is 1. The van der Waals surface area contributed by atoms with E-state index >= 15 is 0 Å². The molecule has 2 aliphatic rings. The summed E-state index contributed by atoms with van der Waals surface area (Å²) in [5.74, 6) is 1.89. The van der Waals surface area contributed by atoms with Crippen molar-refractivity contribution >= 4 is 5.96 Å². The van der Waals surface area contributed by atoms with E-state index in [-0.39, 0.29) is 0 Å². The molecule has 0 radical (unpaired) electrons. The van der Waals surface area contributed by atoms with Gasteiger partial charge in [0.2, 0.25) is 0 Å². The standard InChI is InChI=1S/C11H22N4/c1-3-15-6-4-10(9-15)8-13-11-12-5-7-14(11)2/h10H,3-9H2,1-2H3,(H,12,13). The molecule has 0 amide bonds. The van der Waals surface area contributed by atoms with Gasteiger partial charge in [0.25, 0.3) is 0 Å². The first-order valence-electron chi connectivity index (χ1n) is 6.01. The first-order valence-corrected chi connectivity index (χ1v) is 6.01. The average molecular weight is 210 g/mol. The lowest BCUT2D eigenvalue weighted by Crippen LogP contribution is -2.38. The SMILES string of the molecule is CCN1CCC(CNC2=NCCN2C)C1. The normalized spacial score (nSPS) is 27.2. The fourth-order valence-electron chi connectivity index (χ4n) is 2.33. The molecule has 0 spiro atoms. The minimum Gasteiger partial charge on any atom is -0.356 e. The predicted octanol–water partition coefficient (Wildman–Crippen LogP) is 0.219. The number of nitrogens with one attached hydrogen (secondary N) is 1. The maximum Gasteiger partial charge on any atom is 0.193 e. The minimum absolute atomic E-state index is 0.807. The van der Waals surface area contributed by atoms with E-state index in [1.54, 1.807) is 0 Å². The van der Waals surface area contributed by atoms with Crippen molar-refractivity contribution < 1.29 is 0 Å². The lowest BCUT2D eigenvalue weighted by Gasteiger charge is -2.18. The van der Waals surface area contributed by atoms with Crippen molar-refractivity contribution in [3.05, 3.63) is 0 Å². The quantitative estimate of drug-likeness (QED) is 0.723. The number of hydrogen-bond donors (Lipinski definition) is 1. The predicted molar refractivity (Wildman–Crippen MR) is 63.2 cm³/mol. The molecule has 2 heterocycles. The van der Waals surface area contributed by atoms with Crippen LogP contribution in [0.1, 0.15) is 13.3 Å². The Morgan fingerprint density at radius 2 is 2.33 bits per heavy atom. The molecular weight excluding hydrogens is 188 g/mol. The van der Waals surface area contributed by atoms with E-state index in [2.05, 4.69) is 34.1 Å². The molecule has 1 N–H and O–H groups in total. The third-order valence-electron chi connectivity index (χ3n) is 3.42. The molecule has 4 nitrogen and oxygen atoms in total. The maximum absolute atomic E-state index is 4.43. The highest BCUT2D eigenvalue weighted by Gasteiger charge is 2.22. The van der Waals surface area contributed by atoms with Gasteiger partial charge in [-0.3, -0.25) is 4.99 Å². The molecule has 86 valence electrons. The molecule has 4 heteroatoms. The number of aliphatic imine (C=N–C) groups is 1. The summed E-state index contributed by atoms with van der Waals surface area (Å²) in [6.07, 6.45) is 1.33. The molecule has 2 rings (SSSR count). The van der Waals surface area contributed by atoms with Crippen LogP contribution in [0.4, 0.5) is 0 Å². The molecule has 15 heavy (non-hydrogen) atoms. The highest BCUT2D eigenvalue weighted by molar-refractivity contribution is 5.81. The molecule has 0 aromatic carbocycles. The maximum atomic E-state index is 4.43. The van der Waals surface area contributed by atoms with Crippen molar-refractivity contribution in [3.63, 3.8) is 0 Å². The van der Waals surface area contributed by atoms with Gasteiger partial charge in [0.1, 0.15) is 0 Å². The van der Waals surface area contributed by atoms with Gasteiger partial charge in [-0.2, -0.15) is 0 Å². The zero-order valence-corrected chi connectivity index (χ0v) is 9.87. The second kappa shape index (κ2) is 4.84. The van der Waals surface area contributed by atoms with Gasteiger partial charge in [-0.1, -0.05) is 6.92 Å². The average Bonchev–Trinajstić information content (AvgIpc) is 2.84. The lowest BCUT2D eigenvalue weighted by atomic mass is 10.1. The van der Waals surface area contributed by atoms with E-state index < -0.39 is 0 Å². The Hall–Kier alpha value is -0.770. The van der Waals surface area contributed by atoms with Crippen LogP contribution in [-0.4, -0.2) is 62.1 Å². The van der Waals surface area contributed by atoms with Crippen LogP contribution in [0, 0.1) is 5.92 Å². The first-order chi connectivity index (χ1) is 7.29. The third kappa shape index (κ3) is 2.62. The van der Waals surface area contributed by atoms with E-state index in [0.717, 1.165) is 31.5 Å². The van der Waals surface area contributed by atoms with Gasteiger partial charge < -0.3 is 15.1 Å². The summed E-state index contributed by atoms with van der Waals surface area (Å²) in [4.78, 5) is 9.16. The molecule has 2 aliphatic heterocycles. The van der Waals surface area contributed by atoms with E-state index in [1.807, 2.05) is 0 Å². The monoisotopic (exact) mass is 210 g/mol. The van der Waals surface area contributed by atoms with Gasteiger partial charge in [-0.25, -0.2) is 0 Å². The zero-order valence-electron chi connectivity index (χ0n) is 9.87. The Bertz CT molecular complexity index is 239. The molecule has 0 bridgehead atoms. The van der Waals surface area contributed by atoms with Gasteiger partial charge >= 0.3 is 0 Å². The Kier molecular flexibility index (Phi) is 3.46. The Labute approximate surface area is 92.3 Å². The van der Waals surface area contributed by atoms with Gasteiger partial charge in [0.05, 0.1) is 6.54 Å². The second-order valence-corrected chi connectivity index (χ2v) is 4.56. The Balaban J connectivity index is 1.70. The Morgan fingerprint density at radius 3 is 2.93 bits per heavy atom. The summed E-state index contributed by atoms with van der Waals surface area (Å²) < 4.78 is 0. The second-order valence-electron chi connectivity index (χ2n) is 4.56. The van der Waals surface area contributed by atoms with Crippen LogP contribution in [0.25, 0.3) is 0 Å². The third-order valence-corrected chi connectivity index (χ3v) is 3.42. The fraction of sp³-hybridized carbons (Fsp3) is 0.909. The van der Waals surface area contributed by atoms with E-state index in [0.29, 0.717) is 0 Å². The van der Waals surface area contributed by atoms with Crippen LogP contribution in [0.2, 0.25) is 0 Å². The number of hydrogen-bond acceptors (Lipinski definition) is 4. The van der Waals surface area contributed by atoms with Crippen LogP contribution in [0.15, 0.2) is 4.99 Å². The highest BCUT2D eigenvalue weighted by Crippen LogP contribution is 2.14. The molecule has 1 fully saturated rings. The summed E-state index contributed by atoms with van der Waals surface area (Å²) in [5.41, 5.74) is 0. The van der Waals surface area contributed by atoms with Gasteiger partial charge in [-0.05, 0) is 25.4 Å². The lowest BCUT2D eigenvalue weighted by molar-refractivity contribution is 0.341. The smallest absolute Gasteiger partial charge is 0.193 e. The number of nitrogens with zero attached hydrogens (tertiary/aromatic N) is 3. The van der Waals surface area contributed by atoms with Crippen LogP contribution < -0.4 is 5.32 Å². The van der Waals surface area contributed by atoms with E-state index in [1.165, 1.54) is 26.1 Å². The van der Waals surface area contributed by atoms with Crippen molar-refractivity contribution in [1.82, 2.24) is 15.1 Å². The van der Waals surface area contributed by atoms with Crippen molar-refractivity contribution in [1.29, 1.82) is 0 Å². The Morgan fingerprint density at radius 1 is 1.47 bits per heavy atom. The summed E-state index contributed by atoms with van der Waals surface area (Å²) >= 11 is 0. The van der Waals surface area contributed by atoms with Crippen molar-refractivity contribution in [2.45, 2.75) is 13.3 Å². The largest absolute Gasteiger partial charge is 0.356 e. The molecule has 0 aliphatic carbocycles. The van der Waals surface area contributed by atoms with Crippen LogP contribution in [-0.2, 0) is 0 Å². The summed E-state index contributed by atoms with van der Waals surface area (Å²) in [6.45, 7) is 9.05. The van der Waals surface area contributed by atoms with Crippen LogP contribution >= 0.6 is 0 Å². The molecular formula is C11H22N4. The van der Waals surface area contributed by atoms with Crippen molar-refractivity contribution in [2.24, 2.45) is 10.9 Å². The van der Waals surface area contributed by atoms with Crippen molar-refractivity contribution in [3.8, 4) is 0 Å². The van der Waals surface area contributed by atoms with E-state index in [9.17, 15) is 0 Å². The van der Waals surface area contributed by atoms with E-state index in [4.69, 9.17) is 0 Å². The van der Waals surface area contributed by atoms with Crippen molar-refractivity contribution in [2.75, 3.05) is 46.3 Å². The number of guanidine groups is 1. The fourth-order valence-corrected chi connectivity index (χ4v) is 2.33. The molecule has 0 aromatic rings. The highest BCUT2D eigenvalue weighted by atomic mass is 15.3. The summed E-state index contributed by atoms with van der Waals surface area (Å²) in [6, 6.07) is 0. The molecule has 1 atom stereocenters. The molecule has 0 saturated carbocycles. The summed E-state index contributed by atoms with van der Waals surface area (Å²) in [7, 11) is 2.10. The summed E-state index contributed by atoms with van der Waals surface area (Å²) in [5, 5.41) is 3.47. The minimum atomic E-state index is 0.807. The van der Waals surface area contributed by atoms with Gasteiger partial charge in [0.15, 0.2) is 5.96 Å². The first kappa shape index (κ1) is 10.7. The molecule has 1 unspecified atom stereocenters. The van der Waals surface area contributed by atoms with Crippen LogP contribution in [0.5, 0.6) is 0 Å².